The van der Waals surface area contributed by atoms with E-state index >= 15 is 0 Å². The normalized spacial score (nSPS) is 13.3. The molecule has 2 aromatic carbocycles. The average molecular weight is 443 g/mol. The van der Waals surface area contributed by atoms with Crippen LogP contribution in [0.5, 0.6) is 0 Å². The van der Waals surface area contributed by atoms with Crippen molar-refractivity contribution in [1.29, 1.82) is 5.26 Å². The number of anilines is 2. The van der Waals surface area contributed by atoms with E-state index in [-0.39, 0.29) is 21.4 Å². The third-order valence-corrected chi connectivity index (χ3v) is 5.30. The van der Waals surface area contributed by atoms with Gasteiger partial charge in [0.2, 0.25) is 0 Å². The fourth-order valence-corrected chi connectivity index (χ4v) is 3.63. The summed E-state index contributed by atoms with van der Waals surface area (Å²) in [5, 5.41) is 24.1. The Morgan fingerprint density at radius 1 is 1.10 bits per heavy atom. The number of carboxylic acid groups (broad SMARTS) is 1. The minimum atomic E-state index is -1.11. The maximum Gasteiger partial charge on any atom is 0.335 e. The fourth-order valence-electron chi connectivity index (χ4n) is 3.26. The molecule has 1 saturated heterocycles. The highest BCUT2D eigenvalue weighted by molar-refractivity contribution is 7.80. The monoisotopic (exact) mass is 442 g/mol. The molecule has 3 rings (SSSR count). The largest absolute Gasteiger partial charge is 0.478 e. The molecule has 1 aliphatic rings. The van der Waals surface area contributed by atoms with E-state index in [1.807, 2.05) is 0 Å². The number of hydrogen-bond acceptors (Lipinski definition) is 5. The summed E-state index contributed by atoms with van der Waals surface area (Å²) < 4.78 is 0. The van der Waals surface area contributed by atoms with Gasteiger partial charge in [-0.3, -0.25) is 10.1 Å². The Balaban J connectivity index is 1.71. The van der Waals surface area contributed by atoms with E-state index in [2.05, 4.69) is 21.6 Å². The molecule has 0 saturated carbocycles. The Morgan fingerprint density at radius 3 is 2.47 bits per heavy atom. The van der Waals surface area contributed by atoms with Crippen molar-refractivity contribution in [1.82, 2.24) is 5.32 Å². The third-order valence-electron chi connectivity index (χ3n) is 4.76. The molecular weight excluding hydrogens is 424 g/mol. The first-order valence-corrected chi connectivity index (χ1v) is 10.1. The van der Waals surface area contributed by atoms with Crippen molar-refractivity contribution in [3.8, 4) is 6.07 Å². The van der Waals surface area contributed by atoms with Crippen LogP contribution in [-0.4, -0.2) is 35.2 Å². The van der Waals surface area contributed by atoms with Crippen LogP contribution in [0.15, 0.2) is 36.4 Å². The zero-order valence-electron chi connectivity index (χ0n) is 15.9. The number of benzene rings is 2. The quantitative estimate of drug-likeness (QED) is 0.614. The Labute approximate surface area is 184 Å². The second-order valence-corrected chi connectivity index (χ2v) is 7.61. The lowest BCUT2D eigenvalue weighted by Crippen LogP contribution is -2.34. The third kappa shape index (κ3) is 5.06. The lowest BCUT2D eigenvalue weighted by Gasteiger charge is -2.29. The molecule has 3 N–H and O–H groups in total. The number of halogens is 1. The molecule has 30 heavy (non-hydrogen) atoms. The first-order valence-electron chi connectivity index (χ1n) is 9.33. The smallest absolute Gasteiger partial charge is 0.335 e. The minimum absolute atomic E-state index is 0.0305. The Bertz CT molecular complexity index is 1050. The summed E-state index contributed by atoms with van der Waals surface area (Å²) in [6.07, 6.45) is 3.35. The highest BCUT2D eigenvalue weighted by Crippen LogP contribution is 2.25. The van der Waals surface area contributed by atoms with Crippen molar-refractivity contribution in [3.63, 3.8) is 0 Å². The van der Waals surface area contributed by atoms with Gasteiger partial charge in [0.25, 0.3) is 5.91 Å². The molecule has 0 atom stereocenters. The van der Waals surface area contributed by atoms with Gasteiger partial charge >= 0.3 is 5.97 Å². The van der Waals surface area contributed by atoms with Crippen LogP contribution in [0.3, 0.4) is 0 Å². The van der Waals surface area contributed by atoms with Gasteiger partial charge in [-0.15, -0.1) is 0 Å². The van der Waals surface area contributed by atoms with Gasteiger partial charge in [0.05, 0.1) is 27.5 Å². The van der Waals surface area contributed by atoms with Crippen LogP contribution in [0, 0.1) is 11.3 Å². The van der Waals surface area contributed by atoms with Crippen molar-refractivity contribution in [2.75, 3.05) is 23.3 Å². The lowest BCUT2D eigenvalue weighted by atomic mass is 10.0. The lowest BCUT2D eigenvalue weighted by molar-refractivity contribution is 0.0696. The number of piperidine rings is 1. The fraction of sp³-hybridized carbons (Fsp3) is 0.238. The summed E-state index contributed by atoms with van der Waals surface area (Å²) in [6, 6.07) is 11.3. The van der Waals surface area contributed by atoms with Crippen LogP contribution >= 0.6 is 23.8 Å². The number of hydrogen-bond donors (Lipinski definition) is 3. The van der Waals surface area contributed by atoms with Gasteiger partial charge in [-0.05, 0) is 67.9 Å². The van der Waals surface area contributed by atoms with Gasteiger partial charge in [0, 0.05) is 18.7 Å². The van der Waals surface area contributed by atoms with Crippen LogP contribution in [0.2, 0.25) is 5.02 Å². The van der Waals surface area contributed by atoms with E-state index in [9.17, 15) is 14.9 Å². The zero-order valence-corrected chi connectivity index (χ0v) is 17.5. The molecule has 1 amide bonds. The van der Waals surface area contributed by atoms with E-state index in [1.54, 1.807) is 18.2 Å². The number of aromatic carboxylic acids is 1. The number of nitriles is 1. The number of carbonyl (C=O) groups excluding carboxylic acids is 1. The Hall–Kier alpha value is -3.15. The number of rotatable bonds is 4. The van der Waals surface area contributed by atoms with Crippen molar-refractivity contribution in [2.45, 2.75) is 19.3 Å². The van der Waals surface area contributed by atoms with Crippen molar-refractivity contribution >= 4 is 52.2 Å². The first kappa shape index (κ1) is 21.6. The highest BCUT2D eigenvalue weighted by atomic mass is 35.5. The number of nitrogens with zero attached hydrogens (tertiary/aromatic N) is 2. The van der Waals surface area contributed by atoms with Crippen molar-refractivity contribution in [3.05, 3.63) is 58.1 Å². The maximum atomic E-state index is 12.6. The molecule has 9 heteroatoms. The topological polar surface area (TPSA) is 105 Å². The minimum Gasteiger partial charge on any atom is -0.478 e. The number of nitrogens with one attached hydrogen (secondary N) is 2. The predicted molar refractivity (Wildman–Crippen MR) is 119 cm³/mol. The molecule has 0 aromatic heterocycles. The van der Waals surface area contributed by atoms with Gasteiger partial charge in [-0.2, -0.15) is 5.26 Å². The SMILES string of the molecule is N#Cc1cc(C(=O)NC(=S)Nc2cc(C(=O)O)ccc2Cl)ccc1N1CCCCC1. The highest BCUT2D eigenvalue weighted by Gasteiger charge is 2.17. The molecule has 0 unspecified atom stereocenters. The van der Waals surface area contributed by atoms with E-state index in [0.29, 0.717) is 11.1 Å². The van der Waals surface area contributed by atoms with Crippen LogP contribution < -0.4 is 15.5 Å². The van der Waals surface area contributed by atoms with Crippen LogP contribution in [0.4, 0.5) is 11.4 Å². The van der Waals surface area contributed by atoms with Gasteiger partial charge in [-0.1, -0.05) is 11.6 Å². The zero-order chi connectivity index (χ0) is 21.7. The molecule has 0 bridgehead atoms. The van der Waals surface area contributed by atoms with Gasteiger partial charge in [-0.25, -0.2) is 4.79 Å². The second-order valence-electron chi connectivity index (χ2n) is 6.80. The molecule has 0 aliphatic carbocycles. The van der Waals surface area contributed by atoms with E-state index in [4.69, 9.17) is 28.9 Å². The molecule has 1 aliphatic heterocycles. The summed E-state index contributed by atoms with van der Waals surface area (Å²) >= 11 is 11.2. The van der Waals surface area contributed by atoms with Crippen molar-refractivity contribution in [2.24, 2.45) is 0 Å². The molecule has 0 spiro atoms. The van der Waals surface area contributed by atoms with Crippen LogP contribution in [-0.2, 0) is 0 Å². The molecule has 0 radical (unpaired) electrons. The van der Waals surface area contributed by atoms with Crippen LogP contribution in [0.1, 0.15) is 45.5 Å². The summed E-state index contributed by atoms with van der Waals surface area (Å²) in [5.74, 6) is -1.60. The molecule has 1 fully saturated rings. The molecule has 1 heterocycles. The van der Waals surface area contributed by atoms with Crippen molar-refractivity contribution < 1.29 is 14.7 Å². The molecular formula is C21H19ClN4O3S. The number of thiocarbonyl (C=S) groups is 1. The number of amides is 1. The predicted octanol–water partition coefficient (Wildman–Crippen LogP) is 4.03. The summed E-state index contributed by atoms with van der Waals surface area (Å²) in [7, 11) is 0. The molecule has 2 aromatic rings. The first-order chi connectivity index (χ1) is 14.4. The van der Waals surface area contributed by atoms with E-state index < -0.39 is 11.9 Å². The van der Waals surface area contributed by atoms with Gasteiger partial charge in [0.1, 0.15) is 6.07 Å². The number of carbonyl (C=O) groups is 2. The maximum absolute atomic E-state index is 12.6. The van der Waals surface area contributed by atoms with E-state index in [1.165, 1.54) is 24.6 Å². The summed E-state index contributed by atoms with van der Waals surface area (Å²) in [6.45, 7) is 1.79. The molecule has 7 nitrogen and oxygen atoms in total. The van der Waals surface area contributed by atoms with E-state index in [0.717, 1.165) is 31.6 Å². The average Bonchev–Trinajstić information content (AvgIpc) is 2.75. The second kappa shape index (κ2) is 9.57. The Kier molecular flexibility index (Phi) is 6.87. The van der Waals surface area contributed by atoms with Gasteiger partial charge < -0.3 is 15.3 Å². The summed E-state index contributed by atoms with van der Waals surface area (Å²) in [4.78, 5) is 25.8. The summed E-state index contributed by atoms with van der Waals surface area (Å²) in [5.41, 5.74) is 1.84. The standard InChI is InChI=1S/C21H19ClN4O3S/c22-16-6-4-14(20(28)29)11-17(16)24-21(30)25-19(27)13-5-7-18(15(10-13)12-23)26-8-2-1-3-9-26/h4-7,10-11H,1-3,8-9H2,(H,28,29)(H2,24,25,27,30). The van der Waals surface area contributed by atoms with Gasteiger partial charge in [0.15, 0.2) is 5.11 Å². The van der Waals surface area contributed by atoms with Crippen LogP contribution in [0.25, 0.3) is 0 Å². The Morgan fingerprint density at radius 2 is 1.80 bits per heavy atom. The number of carboxylic acids is 1. The molecule has 154 valence electrons.